The summed E-state index contributed by atoms with van der Waals surface area (Å²) in [6.45, 7) is 1.72. The minimum absolute atomic E-state index is 0.105. The highest BCUT2D eigenvalue weighted by Crippen LogP contribution is 2.30. The van der Waals surface area contributed by atoms with E-state index in [2.05, 4.69) is 9.69 Å². The first kappa shape index (κ1) is 12.3. The minimum Gasteiger partial charge on any atom is -0.394 e. The van der Waals surface area contributed by atoms with E-state index in [1.54, 1.807) is 0 Å². The molecule has 1 aromatic carbocycles. The standard InChI is InChI=1S/C12H16N2O2S/c1-2-12(7-15,8-16)13-11-9-5-3-4-6-10(9)14-17-11/h3-6,13,15-16H,2,7-8H2,1H3. The Hall–Kier alpha value is -1.17. The molecule has 0 aliphatic rings. The Bertz CT molecular complexity index is 486. The Morgan fingerprint density at radius 2 is 2.00 bits per heavy atom. The molecule has 1 aromatic heterocycles. The van der Waals surface area contributed by atoms with Crippen LogP contribution in [0.1, 0.15) is 13.3 Å². The van der Waals surface area contributed by atoms with Crippen LogP contribution >= 0.6 is 11.5 Å². The monoisotopic (exact) mass is 252 g/mol. The molecule has 4 nitrogen and oxygen atoms in total. The topological polar surface area (TPSA) is 65.4 Å². The average Bonchev–Trinajstić information content (AvgIpc) is 2.79. The fraction of sp³-hybridized carbons (Fsp3) is 0.417. The molecule has 0 aliphatic heterocycles. The van der Waals surface area contributed by atoms with E-state index in [-0.39, 0.29) is 13.2 Å². The van der Waals surface area contributed by atoms with Crippen molar-refractivity contribution in [2.24, 2.45) is 0 Å². The molecule has 2 aromatic rings. The van der Waals surface area contributed by atoms with E-state index in [1.165, 1.54) is 11.5 Å². The molecule has 1 heterocycles. The third kappa shape index (κ3) is 2.26. The number of aliphatic hydroxyl groups is 2. The van der Waals surface area contributed by atoms with Gasteiger partial charge in [0.15, 0.2) is 0 Å². The summed E-state index contributed by atoms with van der Waals surface area (Å²) in [5.74, 6) is 0. The van der Waals surface area contributed by atoms with Crippen molar-refractivity contribution >= 4 is 27.4 Å². The molecule has 92 valence electrons. The SMILES string of the molecule is CCC(CO)(CO)Nc1snc2ccccc12. The Kier molecular flexibility index (Phi) is 3.61. The van der Waals surface area contributed by atoms with Gasteiger partial charge in [0, 0.05) is 5.39 Å². The summed E-state index contributed by atoms with van der Waals surface area (Å²) in [4.78, 5) is 0. The van der Waals surface area contributed by atoms with Crippen molar-refractivity contribution in [2.75, 3.05) is 18.5 Å². The Morgan fingerprint density at radius 1 is 1.29 bits per heavy atom. The number of aromatic nitrogens is 1. The molecule has 0 bridgehead atoms. The van der Waals surface area contributed by atoms with Gasteiger partial charge < -0.3 is 15.5 Å². The van der Waals surface area contributed by atoms with E-state index in [9.17, 15) is 10.2 Å². The number of fused-ring (bicyclic) bond motifs is 1. The summed E-state index contributed by atoms with van der Waals surface area (Å²) in [5, 5.41) is 24.0. The molecule has 0 amide bonds. The molecule has 5 heteroatoms. The van der Waals surface area contributed by atoms with Crippen LogP contribution in [0.2, 0.25) is 0 Å². The predicted molar refractivity (Wildman–Crippen MR) is 70.4 cm³/mol. The Labute approximate surface area is 104 Å². The van der Waals surface area contributed by atoms with Crippen LogP contribution in [0.5, 0.6) is 0 Å². The third-order valence-corrected chi connectivity index (χ3v) is 3.84. The van der Waals surface area contributed by atoms with Gasteiger partial charge in [0.25, 0.3) is 0 Å². The molecule has 2 rings (SSSR count). The Morgan fingerprint density at radius 3 is 2.65 bits per heavy atom. The predicted octanol–water partition coefficient (Wildman–Crippen LogP) is 1.84. The van der Waals surface area contributed by atoms with Crippen molar-refractivity contribution in [2.45, 2.75) is 18.9 Å². The summed E-state index contributed by atoms with van der Waals surface area (Å²) >= 11 is 1.35. The van der Waals surface area contributed by atoms with Crippen LogP contribution in [0.25, 0.3) is 10.9 Å². The quantitative estimate of drug-likeness (QED) is 0.759. The van der Waals surface area contributed by atoms with E-state index < -0.39 is 5.54 Å². The van der Waals surface area contributed by atoms with E-state index in [0.717, 1.165) is 15.9 Å². The lowest BCUT2D eigenvalue weighted by molar-refractivity contribution is 0.133. The lowest BCUT2D eigenvalue weighted by Gasteiger charge is -2.30. The van der Waals surface area contributed by atoms with Gasteiger partial charge in [-0.05, 0) is 30.1 Å². The fourth-order valence-corrected chi connectivity index (χ4v) is 2.54. The first-order valence-electron chi connectivity index (χ1n) is 5.59. The lowest BCUT2D eigenvalue weighted by atomic mass is 9.98. The summed E-state index contributed by atoms with van der Waals surface area (Å²) in [6, 6.07) is 7.82. The summed E-state index contributed by atoms with van der Waals surface area (Å²) in [5.41, 5.74) is 0.260. The highest BCUT2D eigenvalue weighted by molar-refractivity contribution is 7.11. The highest BCUT2D eigenvalue weighted by atomic mass is 32.1. The van der Waals surface area contributed by atoms with Gasteiger partial charge in [-0.15, -0.1) is 0 Å². The van der Waals surface area contributed by atoms with Gasteiger partial charge in [-0.2, -0.15) is 4.37 Å². The van der Waals surface area contributed by atoms with Crippen LogP contribution in [0.15, 0.2) is 24.3 Å². The molecule has 0 aliphatic carbocycles. The first-order chi connectivity index (χ1) is 8.24. The van der Waals surface area contributed by atoms with Gasteiger partial charge in [0.2, 0.25) is 0 Å². The van der Waals surface area contributed by atoms with Crippen LogP contribution in [-0.2, 0) is 0 Å². The lowest BCUT2D eigenvalue weighted by Crippen LogP contribution is -2.45. The maximum absolute atomic E-state index is 9.41. The van der Waals surface area contributed by atoms with Gasteiger partial charge in [-0.3, -0.25) is 0 Å². The smallest absolute Gasteiger partial charge is 0.117 e. The molecule has 0 fully saturated rings. The van der Waals surface area contributed by atoms with E-state index in [0.29, 0.717) is 6.42 Å². The van der Waals surface area contributed by atoms with Crippen molar-refractivity contribution in [3.8, 4) is 0 Å². The molecular weight excluding hydrogens is 236 g/mol. The van der Waals surface area contributed by atoms with Crippen LogP contribution < -0.4 is 5.32 Å². The molecule has 3 N–H and O–H groups in total. The number of benzene rings is 1. The van der Waals surface area contributed by atoms with Gasteiger partial charge in [-0.1, -0.05) is 19.1 Å². The number of nitrogens with one attached hydrogen (secondary N) is 1. The second-order valence-electron chi connectivity index (χ2n) is 4.10. The van der Waals surface area contributed by atoms with Crippen molar-refractivity contribution in [1.82, 2.24) is 4.37 Å². The zero-order valence-electron chi connectivity index (χ0n) is 9.68. The molecule has 0 saturated heterocycles. The normalized spacial score (nSPS) is 11.9. The first-order valence-corrected chi connectivity index (χ1v) is 6.36. The molecule has 0 saturated carbocycles. The summed E-state index contributed by atoms with van der Waals surface area (Å²) in [6.07, 6.45) is 0.645. The maximum atomic E-state index is 9.41. The molecule has 17 heavy (non-hydrogen) atoms. The fourth-order valence-electron chi connectivity index (χ4n) is 1.66. The maximum Gasteiger partial charge on any atom is 0.117 e. The van der Waals surface area contributed by atoms with Crippen LogP contribution in [0.3, 0.4) is 0 Å². The van der Waals surface area contributed by atoms with Gasteiger partial charge in [0.1, 0.15) is 5.00 Å². The second kappa shape index (κ2) is 5.00. The van der Waals surface area contributed by atoms with E-state index in [1.807, 2.05) is 31.2 Å². The third-order valence-electron chi connectivity index (χ3n) is 3.04. The van der Waals surface area contributed by atoms with Gasteiger partial charge in [0.05, 0.1) is 24.3 Å². The van der Waals surface area contributed by atoms with Gasteiger partial charge >= 0.3 is 0 Å². The molecule has 0 atom stereocenters. The van der Waals surface area contributed by atoms with Crippen molar-refractivity contribution in [3.63, 3.8) is 0 Å². The number of hydrogen-bond donors (Lipinski definition) is 3. The number of rotatable bonds is 5. The molecular formula is C12H16N2O2S. The summed E-state index contributed by atoms with van der Waals surface area (Å²) < 4.78 is 4.32. The van der Waals surface area contributed by atoms with E-state index >= 15 is 0 Å². The summed E-state index contributed by atoms with van der Waals surface area (Å²) in [7, 11) is 0. The van der Waals surface area contributed by atoms with Crippen LogP contribution in [0, 0.1) is 0 Å². The average molecular weight is 252 g/mol. The Balaban J connectivity index is 2.34. The largest absolute Gasteiger partial charge is 0.394 e. The molecule has 0 unspecified atom stereocenters. The molecule has 0 radical (unpaired) electrons. The zero-order valence-corrected chi connectivity index (χ0v) is 10.5. The highest BCUT2D eigenvalue weighted by Gasteiger charge is 2.27. The van der Waals surface area contributed by atoms with Crippen LogP contribution in [0.4, 0.5) is 5.00 Å². The molecule has 0 spiro atoms. The zero-order chi connectivity index (χ0) is 12.3. The van der Waals surface area contributed by atoms with Crippen molar-refractivity contribution in [1.29, 1.82) is 0 Å². The minimum atomic E-state index is -0.671. The number of aliphatic hydroxyl groups excluding tert-OH is 2. The van der Waals surface area contributed by atoms with Crippen molar-refractivity contribution in [3.05, 3.63) is 24.3 Å². The van der Waals surface area contributed by atoms with Crippen molar-refractivity contribution < 1.29 is 10.2 Å². The number of hydrogen-bond acceptors (Lipinski definition) is 5. The number of anilines is 1. The van der Waals surface area contributed by atoms with Gasteiger partial charge in [-0.25, -0.2) is 0 Å². The van der Waals surface area contributed by atoms with Crippen LogP contribution in [-0.4, -0.2) is 33.3 Å². The van der Waals surface area contributed by atoms with E-state index in [4.69, 9.17) is 0 Å². The second-order valence-corrected chi connectivity index (χ2v) is 4.88. The number of nitrogens with zero attached hydrogens (tertiary/aromatic N) is 1.